The molecule has 0 unspecified atom stereocenters. The molecule has 0 atom stereocenters. The maximum Gasteiger partial charge on any atom is 0.329 e. The molecule has 0 fully saturated rings. The van der Waals surface area contributed by atoms with Gasteiger partial charge in [-0.25, -0.2) is 9.82 Å². The second-order valence-electron chi connectivity index (χ2n) is 5.81. The van der Waals surface area contributed by atoms with E-state index in [-0.39, 0.29) is 11.9 Å². The molecule has 2 aromatic carbocycles. The lowest BCUT2D eigenvalue weighted by molar-refractivity contribution is -0.139. The van der Waals surface area contributed by atoms with Crippen LogP contribution in [0.1, 0.15) is 25.0 Å². The summed E-state index contributed by atoms with van der Waals surface area (Å²) in [6.45, 7) is 3.84. The standard InChI is InChI=1S/C19H20FN3O3/c1-13(2)22-18(24)19(25)23-21-11-14-5-9-17(10-6-14)26-12-15-3-7-16(20)8-4-15/h3-11,13H,12H2,1-2H3,(H,22,24)(H,23,25)/b21-11+. The summed E-state index contributed by atoms with van der Waals surface area (Å²) >= 11 is 0. The van der Waals surface area contributed by atoms with Crippen LogP contribution in [0.2, 0.25) is 0 Å². The molecule has 7 heteroatoms. The van der Waals surface area contributed by atoms with Crippen LogP contribution < -0.4 is 15.5 Å². The molecule has 2 aromatic rings. The van der Waals surface area contributed by atoms with Gasteiger partial charge in [-0.05, 0) is 61.4 Å². The normalized spacial score (nSPS) is 10.8. The van der Waals surface area contributed by atoms with Crippen LogP contribution in [0.3, 0.4) is 0 Å². The van der Waals surface area contributed by atoms with Gasteiger partial charge in [-0.15, -0.1) is 0 Å². The van der Waals surface area contributed by atoms with Crippen LogP contribution in [0.15, 0.2) is 53.6 Å². The van der Waals surface area contributed by atoms with Crippen molar-refractivity contribution in [1.82, 2.24) is 10.7 Å². The van der Waals surface area contributed by atoms with E-state index >= 15 is 0 Å². The fraction of sp³-hybridized carbons (Fsp3) is 0.211. The molecule has 0 aliphatic heterocycles. The van der Waals surface area contributed by atoms with Crippen molar-refractivity contribution in [3.63, 3.8) is 0 Å². The first kappa shape index (κ1) is 19.1. The van der Waals surface area contributed by atoms with E-state index in [1.807, 2.05) is 0 Å². The molecule has 0 spiro atoms. The number of hydrogen-bond donors (Lipinski definition) is 2. The van der Waals surface area contributed by atoms with Gasteiger partial charge in [-0.3, -0.25) is 9.59 Å². The van der Waals surface area contributed by atoms with Crippen molar-refractivity contribution in [3.8, 4) is 5.75 Å². The minimum atomic E-state index is -0.825. The highest BCUT2D eigenvalue weighted by Crippen LogP contribution is 2.13. The quantitative estimate of drug-likeness (QED) is 0.473. The summed E-state index contributed by atoms with van der Waals surface area (Å²) in [6, 6.07) is 13.0. The highest BCUT2D eigenvalue weighted by atomic mass is 19.1. The smallest absolute Gasteiger partial charge is 0.329 e. The van der Waals surface area contributed by atoms with Crippen LogP contribution in [0.5, 0.6) is 5.75 Å². The van der Waals surface area contributed by atoms with E-state index in [1.165, 1.54) is 18.3 Å². The van der Waals surface area contributed by atoms with Gasteiger partial charge in [0, 0.05) is 6.04 Å². The number of carbonyl (C=O) groups excluding carboxylic acids is 2. The van der Waals surface area contributed by atoms with E-state index < -0.39 is 11.8 Å². The van der Waals surface area contributed by atoms with Crippen molar-refractivity contribution in [3.05, 3.63) is 65.5 Å². The molecule has 0 heterocycles. The Hall–Kier alpha value is -3.22. The number of benzene rings is 2. The zero-order valence-electron chi connectivity index (χ0n) is 14.5. The van der Waals surface area contributed by atoms with Crippen molar-refractivity contribution >= 4 is 18.0 Å². The van der Waals surface area contributed by atoms with Gasteiger partial charge in [0.2, 0.25) is 0 Å². The van der Waals surface area contributed by atoms with Gasteiger partial charge in [0.15, 0.2) is 0 Å². The molecule has 0 radical (unpaired) electrons. The van der Waals surface area contributed by atoms with E-state index in [1.54, 1.807) is 50.2 Å². The van der Waals surface area contributed by atoms with Gasteiger partial charge >= 0.3 is 11.8 Å². The Morgan fingerprint density at radius 1 is 1.08 bits per heavy atom. The number of hydrazone groups is 1. The molecule has 2 rings (SSSR count). The van der Waals surface area contributed by atoms with Gasteiger partial charge in [-0.2, -0.15) is 5.10 Å². The Labute approximate surface area is 151 Å². The average molecular weight is 357 g/mol. The Kier molecular flexibility index (Phi) is 6.84. The highest BCUT2D eigenvalue weighted by Gasteiger charge is 2.12. The first-order valence-electron chi connectivity index (χ1n) is 8.05. The first-order valence-corrected chi connectivity index (χ1v) is 8.05. The zero-order valence-corrected chi connectivity index (χ0v) is 14.5. The number of nitrogens with zero attached hydrogens (tertiary/aromatic N) is 1. The summed E-state index contributed by atoms with van der Waals surface area (Å²) in [7, 11) is 0. The summed E-state index contributed by atoms with van der Waals surface area (Å²) in [6.07, 6.45) is 1.42. The minimum absolute atomic E-state index is 0.125. The third-order valence-electron chi connectivity index (χ3n) is 3.20. The molecule has 6 nitrogen and oxygen atoms in total. The van der Waals surface area contributed by atoms with Crippen LogP contribution in [0.4, 0.5) is 4.39 Å². The van der Waals surface area contributed by atoms with Crippen molar-refractivity contribution < 1.29 is 18.7 Å². The fourth-order valence-electron chi connectivity index (χ4n) is 1.94. The molecule has 0 aromatic heterocycles. The van der Waals surface area contributed by atoms with E-state index in [0.717, 1.165) is 11.1 Å². The third-order valence-corrected chi connectivity index (χ3v) is 3.20. The van der Waals surface area contributed by atoms with Gasteiger partial charge in [-0.1, -0.05) is 12.1 Å². The second-order valence-corrected chi connectivity index (χ2v) is 5.81. The summed E-state index contributed by atoms with van der Waals surface area (Å²) in [5.74, 6) is -1.20. The lowest BCUT2D eigenvalue weighted by atomic mass is 10.2. The molecular weight excluding hydrogens is 337 g/mol. The van der Waals surface area contributed by atoms with Crippen molar-refractivity contribution in [2.75, 3.05) is 0 Å². The molecular formula is C19H20FN3O3. The van der Waals surface area contributed by atoms with E-state index in [9.17, 15) is 14.0 Å². The number of rotatable bonds is 6. The lowest BCUT2D eigenvalue weighted by Crippen LogP contribution is -2.41. The van der Waals surface area contributed by atoms with Gasteiger partial charge in [0.25, 0.3) is 0 Å². The van der Waals surface area contributed by atoms with Crippen LogP contribution in [0, 0.1) is 5.82 Å². The van der Waals surface area contributed by atoms with E-state index in [2.05, 4.69) is 15.8 Å². The molecule has 136 valence electrons. The Balaban J connectivity index is 1.82. The summed E-state index contributed by atoms with van der Waals surface area (Å²) in [4.78, 5) is 22.9. The topological polar surface area (TPSA) is 79.8 Å². The SMILES string of the molecule is CC(C)NC(=O)C(=O)N/N=C/c1ccc(OCc2ccc(F)cc2)cc1. The Bertz CT molecular complexity index is 772. The Morgan fingerprint density at radius 2 is 1.73 bits per heavy atom. The monoisotopic (exact) mass is 357 g/mol. The second kappa shape index (κ2) is 9.31. The van der Waals surface area contributed by atoms with Crippen LogP contribution in [0.25, 0.3) is 0 Å². The number of ether oxygens (including phenoxy) is 1. The van der Waals surface area contributed by atoms with Crippen LogP contribution in [-0.4, -0.2) is 24.1 Å². The van der Waals surface area contributed by atoms with Crippen LogP contribution in [-0.2, 0) is 16.2 Å². The largest absolute Gasteiger partial charge is 0.489 e. The maximum atomic E-state index is 12.8. The van der Waals surface area contributed by atoms with Crippen LogP contribution >= 0.6 is 0 Å². The highest BCUT2D eigenvalue weighted by molar-refractivity contribution is 6.35. The predicted octanol–water partition coefficient (Wildman–Crippen LogP) is 2.38. The lowest BCUT2D eigenvalue weighted by Gasteiger charge is -2.07. The number of nitrogens with one attached hydrogen (secondary N) is 2. The first-order chi connectivity index (χ1) is 12.4. The van der Waals surface area contributed by atoms with E-state index in [4.69, 9.17) is 4.74 Å². The molecule has 0 bridgehead atoms. The van der Waals surface area contributed by atoms with Crippen molar-refractivity contribution in [2.24, 2.45) is 5.10 Å². The summed E-state index contributed by atoms with van der Waals surface area (Å²) in [5, 5.41) is 6.21. The fourth-order valence-corrected chi connectivity index (χ4v) is 1.94. The molecule has 0 aliphatic carbocycles. The van der Waals surface area contributed by atoms with Crippen molar-refractivity contribution in [1.29, 1.82) is 0 Å². The molecule has 0 saturated heterocycles. The summed E-state index contributed by atoms with van der Waals surface area (Å²) in [5.41, 5.74) is 3.74. The molecule has 0 saturated carbocycles. The summed E-state index contributed by atoms with van der Waals surface area (Å²) < 4.78 is 18.5. The molecule has 0 aliphatic rings. The predicted molar refractivity (Wildman–Crippen MR) is 96.2 cm³/mol. The molecule has 2 N–H and O–H groups in total. The number of carbonyl (C=O) groups is 2. The Morgan fingerprint density at radius 3 is 2.35 bits per heavy atom. The number of amides is 2. The number of halogens is 1. The van der Waals surface area contributed by atoms with Gasteiger partial charge in [0.1, 0.15) is 18.2 Å². The average Bonchev–Trinajstić information content (AvgIpc) is 2.61. The molecule has 26 heavy (non-hydrogen) atoms. The van der Waals surface area contributed by atoms with Gasteiger partial charge < -0.3 is 10.1 Å². The maximum absolute atomic E-state index is 12.8. The zero-order chi connectivity index (χ0) is 18.9. The third kappa shape index (κ3) is 6.35. The van der Waals surface area contributed by atoms with Gasteiger partial charge in [0.05, 0.1) is 6.21 Å². The minimum Gasteiger partial charge on any atom is -0.489 e. The van der Waals surface area contributed by atoms with E-state index in [0.29, 0.717) is 12.4 Å². The number of hydrogen-bond acceptors (Lipinski definition) is 4. The molecule has 2 amide bonds. The van der Waals surface area contributed by atoms with Crippen molar-refractivity contribution in [2.45, 2.75) is 26.5 Å².